The van der Waals surface area contributed by atoms with E-state index in [-0.39, 0.29) is 0 Å². The maximum atomic E-state index is 2.52. The van der Waals surface area contributed by atoms with Crippen LogP contribution in [0.15, 0.2) is 36.4 Å². The van der Waals surface area contributed by atoms with Crippen molar-refractivity contribution in [3.8, 4) is 0 Å². The van der Waals surface area contributed by atoms with Gasteiger partial charge in [0.05, 0.1) is 0 Å². The molecule has 0 heteroatoms. The maximum Gasteiger partial charge on any atom is 0.0279 e. The fourth-order valence-electron chi connectivity index (χ4n) is 8.47. The Hall–Kier alpha value is -1.56. The monoisotopic (exact) mass is 446 g/mol. The highest BCUT2D eigenvalue weighted by molar-refractivity contribution is 5.65. The molecule has 2 fully saturated rings. The summed E-state index contributed by atoms with van der Waals surface area (Å²) in [6, 6.07) is 14.7. The van der Waals surface area contributed by atoms with Crippen molar-refractivity contribution in [2.24, 2.45) is 17.8 Å². The van der Waals surface area contributed by atoms with Gasteiger partial charge in [0.25, 0.3) is 0 Å². The predicted octanol–water partition coefficient (Wildman–Crippen LogP) is 9.85. The van der Waals surface area contributed by atoms with Gasteiger partial charge < -0.3 is 0 Å². The van der Waals surface area contributed by atoms with Crippen molar-refractivity contribution in [3.63, 3.8) is 0 Å². The van der Waals surface area contributed by atoms with E-state index in [4.69, 9.17) is 0 Å². The first kappa shape index (κ1) is 26.1. The Bertz CT molecular complexity index is 906. The van der Waals surface area contributed by atoms with Crippen LogP contribution in [0.25, 0.3) is 0 Å². The first-order valence-electron chi connectivity index (χ1n) is 14.6. The molecule has 2 saturated carbocycles. The molecule has 5 unspecified atom stereocenters. The Balaban J connectivity index is 0.000000350. The van der Waals surface area contributed by atoms with Gasteiger partial charge in [-0.05, 0) is 95.6 Å². The van der Waals surface area contributed by atoms with Crippen molar-refractivity contribution in [1.82, 2.24) is 0 Å². The molecule has 2 aromatic carbocycles. The van der Waals surface area contributed by atoms with Crippen LogP contribution in [0, 0.1) is 17.8 Å². The second-order valence-electron chi connectivity index (χ2n) is 9.52. The summed E-state index contributed by atoms with van der Waals surface area (Å²) in [5.74, 6) is 3.62. The Kier molecular flexibility index (Phi) is 8.88. The minimum Gasteiger partial charge on any atom is -0.0683 e. The first-order chi connectivity index (χ1) is 16.4. The number of hydrogen-bond donors (Lipinski definition) is 0. The quantitative estimate of drug-likeness (QED) is 0.377. The normalized spacial score (nSPS) is 30.2. The topological polar surface area (TPSA) is 0 Å². The van der Waals surface area contributed by atoms with Gasteiger partial charge in [-0.15, -0.1) is 0 Å². The van der Waals surface area contributed by atoms with Crippen molar-refractivity contribution in [2.75, 3.05) is 0 Å². The number of hydrogen-bond acceptors (Lipinski definition) is 0. The summed E-state index contributed by atoms with van der Waals surface area (Å²) >= 11 is 0. The molecule has 1 spiro atoms. The van der Waals surface area contributed by atoms with Gasteiger partial charge in [0.1, 0.15) is 0 Å². The van der Waals surface area contributed by atoms with Crippen LogP contribution in [0.4, 0.5) is 0 Å². The second kappa shape index (κ2) is 11.2. The third-order valence-electron chi connectivity index (χ3n) is 8.85. The molecule has 0 aliphatic heterocycles. The molecule has 0 amide bonds. The average molecular weight is 447 g/mol. The zero-order valence-electron chi connectivity index (χ0n) is 22.9. The molecule has 7 rings (SSSR count). The SMILES string of the molecule is CC.CC.CC.CC.c1cc2c3c(c1)CC1CCCC1C31c3c(cccc3C3CCCC31)C2. The molecule has 0 heterocycles. The lowest BCUT2D eigenvalue weighted by molar-refractivity contribution is 0.158. The van der Waals surface area contributed by atoms with Gasteiger partial charge in [-0.2, -0.15) is 0 Å². The van der Waals surface area contributed by atoms with Crippen LogP contribution in [0.3, 0.4) is 0 Å². The molecule has 5 atom stereocenters. The summed E-state index contributed by atoms with van der Waals surface area (Å²) in [5.41, 5.74) is 11.0. The summed E-state index contributed by atoms with van der Waals surface area (Å²) < 4.78 is 0. The van der Waals surface area contributed by atoms with Crippen molar-refractivity contribution < 1.29 is 0 Å². The van der Waals surface area contributed by atoms with Gasteiger partial charge in [-0.25, -0.2) is 0 Å². The van der Waals surface area contributed by atoms with Crippen LogP contribution < -0.4 is 0 Å². The largest absolute Gasteiger partial charge is 0.0683 e. The summed E-state index contributed by atoms with van der Waals surface area (Å²) in [7, 11) is 0. The van der Waals surface area contributed by atoms with Gasteiger partial charge in [0, 0.05) is 5.41 Å². The van der Waals surface area contributed by atoms with E-state index in [0.717, 1.165) is 23.7 Å². The molecule has 0 saturated heterocycles. The molecule has 0 N–H and O–H groups in total. The lowest BCUT2D eigenvalue weighted by Crippen LogP contribution is -2.49. The zero-order valence-corrected chi connectivity index (χ0v) is 22.9. The van der Waals surface area contributed by atoms with E-state index in [0.29, 0.717) is 5.41 Å². The van der Waals surface area contributed by atoms with E-state index >= 15 is 0 Å². The molecule has 0 radical (unpaired) electrons. The lowest BCUT2D eigenvalue weighted by atomic mass is 9.50. The summed E-state index contributed by atoms with van der Waals surface area (Å²) in [6.45, 7) is 16.0. The number of rotatable bonds is 0. The molecule has 182 valence electrons. The minimum absolute atomic E-state index is 0.399. The zero-order chi connectivity index (χ0) is 24.2. The summed E-state index contributed by atoms with van der Waals surface area (Å²) in [4.78, 5) is 0. The van der Waals surface area contributed by atoms with Crippen molar-refractivity contribution in [3.05, 3.63) is 69.8 Å². The van der Waals surface area contributed by atoms with Gasteiger partial charge in [-0.1, -0.05) is 105 Å². The van der Waals surface area contributed by atoms with Gasteiger partial charge in [0.2, 0.25) is 0 Å². The lowest BCUT2D eigenvalue weighted by Gasteiger charge is -2.52. The molecule has 0 bridgehead atoms. The fraction of sp³-hybridized carbons (Fsp3) is 0.636. The maximum absolute atomic E-state index is 2.52. The van der Waals surface area contributed by atoms with Gasteiger partial charge in [0.15, 0.2) is 0 Å². The summed E-state index contributed by atoms with van der Waals surface area (Å²) in [5, 5.41) is 0. The molecular formula is C33H50. The Morgan fingerprint density at radius 3 is 1.91 bits per heavy atom. The van der Waals surface area contributed by atoms with Crippen LogP contribution in [0.1, 0.15) is 133 Å². The Morgan fingerprint density at radius 2 is 1.18 bits per heavy atom. The van der Waals surface area contributed by atoms with E-state index in [2.05, 4.69) is 36.4 Å². The van der Waals surface area contributed by atoms with Crippen LogP contribution >= 0.6 is 0 Å². The third-order valence-corrected chi connectivity index (χ3v) is 8.85. The van der Waals surface area contributed by atoms with Crippen LogP contribution in [0.5, 0.6) is 0 Å². The smallest absolute Gasteiger partial charge is 0.0279 e. The minimum atomic E-state index is 0.399. The van der Waals surface area contributed by atoms with E-state index in [1.54, 1.807) is 22.3 Å². The third kappa shape index (κ3) is 3.62. The van der Waals surface area contributed by atoms with E-state index in [9.17, 15) is 0 Å². The van der Waals surface area contributed by atoms with Crippen molar-refractivity contribution >= 4 is 0 Å². The number of fused-ring (bicyclic) bond motifs is 3. The molecule has 0 nitrogen and oxygen atoms in total. The molecule has 2 aromatic rings. The van der Waals surface area contributed by atoms with Crippen molar-refractivity contribution in [2.45, 2.75) is 118 Å². The standard InChI is InChI=1S/C25H26.4C2H6/c1-6-16-13-15-5-3-11-21(15)25-22-12-4-9-19(22)20-10-2-8-18(24(20)25)14-17(7-1)23(16)25;4*1-2/h1-2,6-8,10,15,19,21-22H,3-5,9,11-14H2;4*1-2H3. The average Bonchev–Trinajstić information content (AvgIpc) is 3.63. The Labute approximate surface area is 205 Å². The van der Waals surface area contributed by atoms with Crippen LogP contribution in [-0.4, -0.2) is 0 Å². The first-order valence-corrected chi connectivity index (χ1v) is 14.6. The number of benzene rings is 2. The second-order valence-corrected chi connectivity index (χ2v) is 9.52. The molecular weight excluding hydrogens is 396 g/mol. The van der Waals surface area contributed by atoms with Gasteiger partial charge >= 0.3 is 0 Å². The van der Waals surface area contributed by atoms with E-state index in [1.807, 2.05) is 66.5 Å². The Morgan fingerprint density at radius 1 is 0.606 bits per heavy atom. The molecule has 33 heavy (non-hydrogen) atoms. The summed E-state index contributed by atoms with van der Waals surface area (Å²) in [6.07, 6.45) is 11.3. The predicted molar refractivity (Wildman–Crippen MR) is 146 cm³/mol. The van der Waals surface area contributed by atoms with Gasteiger partial charge in [-0.3, -0.25) is 0 Å². The van der Waals surface area contributed by atoms with Crippen molar-refractivity contribution in [1.29, 1.82) is 0 Å². The fourth-order valence-corrected chi connectivity index (χ4v) is 8.47. The van der Waals surface area contributed by atoms with E-state index in [1.165, 1.54) is 51.4 Å². The molecule has 5 aliphatic rings. The highest BCUT2D eigenvalue weighted by atomic mass is 14.7. The van der Waals surface area contributed by atoms with E-state index < -0.39 is 0 Å². The van der Waals surface area contributed by atoms with Crippen LogP contribution in [-0.2, 0) is 18.3 Å². The highest BCUT2D eigenvalue weighted by Crippen LogP contribution is 2.70. The molecule has 0 aromatic heterocycles. The molecule has 5 aliphatic carbocycles. The van der Waals surface area contributed by atoms with Crippen LogP contribution in [0.2, 0.25) is 0 Å². The highest BCUT2D eigenvalue weighted by Gasteiger charge is 2.64.